The number of nitro groups is 1. The third kappa shape index (κ3) is 5.00. The Balaban J connectivity index is 1.77. The topological polar surface area (TPSA) is 113 Å². The van der Waals surface area contributed by atoms with Gasteiger partial charge in [0.15, 0.2) is 0 Å². The largest absolute Gasteiger partial charge is 0.379 e. The zero-order valence-corrected chi connectivity index (χ0v) is 14.0. The summed E-state index contributed by atoms with van der Waals surface area (Å²) in [6.07, 6.45) is 3.02. The molecular weight excluding hydrogens is 314 g/mol. The maximum Gasteiger partial charge on any atom is 0.322 e. The highest BCUT2D eigenvalue weighted by molar-refractivity contribution is 5.96. The van der Waals surface area contributed by atoms with Crippen molar-refractivity contribution in [3.63, 3.8) is 0 Å². The molecule has 1 fully saturated rings. The molecule has 0 atom stereocenters. The number of aromatic amines is 1. The zero-order valence-electron chi connectivity index (χ0n) is 14.0. The van der Waals surface area contributed by atoms with E-state index < -0.39 is 10.8 Å². The van der Waals surface area contributed by atoms with Crippen LogP contribution in [0.4, 0.5) is 5.69 Å². The smallest absolute Gasteiger partial charge is 0.322 e. The molecule has 2 rings (SSSR count). The van der Waals surface area contributed by atoms with Crippen LogP contribution in [0.2, 0.25) is 0 Å². The average Bonchev–Trinajstić information content (AvgIpc) is 3.00. The van der Waals surface area contributed by atoms with Gasteiger partial charge in [0.05, 0.1) is 18.1 Å². The van der Waals surface area contributed by atoms with E-state index in [0.717, 1.165) is 52.1 Å². The Hall–Kier alpha value is -2.00. The van der Waals surface area contributed by atoms with Crippen LogP contribution in [0.3, 0.4) is 0 Å². The summed E-state index contributed by atoms with van der Waals surface area (Å²) in [6, 6.07) is 0. The summed E-state index contributed by atoms with van der Waals surface area (Å²) in [4.78, 5) is 25.1. The van der Waals surface area contributed by atoms with Crippen LogP contribution >= 0.6 is 0 Å². The molecule has 1 amide bonds. The predicted octanol–water partition coefficient (Wildman–Crippen LogP) is 1.11. The number of ether oxygens (including phenoxy) is 1. The van der Waals surface area contributed by atoms with Gasteiger partial charge in [-0.05, 0) is 25.8 Å². The number of nitrogens with one attached hydrogen (secondary N) is 2. The lowest BCUT2D eigenvalue weighted by Gasteiger charge is -2.26. The van der Waals surface area contributed by atoms with Gasteiger partial charge in [-0.15, -0.1) is 0 Å². The first-order valence-corrected chi connectivity index (χ1v) is 8.43. The predicted molar refractivity (Wildman–Crippen MR) is 88.1 cm³/mol. The Morgan fingerprint density at radius 3 is 2.83 bits per heavy atom. The molecule has 9 heteroatoms. The number of amides is 1. The molecule has 0 spiro atoms. The van der Waals surface area contributed by atoms with Crippen molar-refractivity contribution in [1.29, 1.82) is 0 Å². The average molecular weight is 339 g/mol. The van der Waals surface area contributed by atoms with Crippen molar-refractivity contribution in [3.05, 3.63) is 21.5 Å². The first-order valence-electron chi connectivity index (χ1n) is 8.43. The number of hydrogen-bond acceptors (Lipinski definition) is 6. The summed E-state index contributed by atoms with van der Waals surface area (Å²) in [5.41, 5.74) is 0.0688. The van der Waals surface area contributed by atoms with Crippen molar-refractivity contribution < 1.29 is 14.5 Å². The maximum atomic E-state index is 12.1. The minimum absolute atomic E-state index is 0.128. The van der Waals surface area contributed by atoms with Crippen LogP contribution in [0.1, 0.15) is 42.4 Å². The van der Waals surface area contributed by atoms with E-state index in [1.54, 1.807) is 0 Å². The second-order valence-corrected chi connectivity index (χ2v) is 5.82. The van der Waals surface area contributed by atoms with Crippen LogP contribution in [0.5, 0.6) is 0 Å². The molecule has 2 heterocycles. The molecule has 1 aliphatic rings. The Morgan fingerprint density at radius 1 is 1.42 bits per heavy atom. The number of H-pyrrole nitrogens is 1. The number of rotatable bonds is 9. The van der Waals surface area contributed by atoms with Crippen molar-refractivity contribution in [2.45, 2.75) is 32.6 Å². The van der Waals surface area contributed by atoms with Gasteiger partial charge in [0.25, 0.3) is 5.91 Å². The Morgan fingerprint density at radius 2 is 2.17 bits per heavy atom. The van der Waals surface area contributed by atoms with Gasteiger partial charge < -0.3 is 10.1 Å². The fourth-order valence-corrected chi connectivity index (χ4v) is 2.72. The van der Waals surface area contributed by atoms with Crippen molar-refractivity contribution in [3.8, 4) is 0 Å². The highest BCUT2D eigenvalue weighted by atomic mass is 16.6. The van der Waals surface area contributed by atoms with Crippen molar-refractivity contribution in [2.24, 2.45) is 0 Å². The number of carbonyl (C=O) groups is 1. The number of nitrogens with zero attached hydrogens (tertiary/aromatic N) is 3. The molecule has 2 N–H and O–H groups in total. The molecule has 1 aromatic rings. The first-order chi connectivity index (χ1) is 11.6. The molecular formula is C15H25N5O4. The van der Waals surface area contributed by atoms with Crippen LogP contribution in [0.25, 0.3) is 0 Å². The standard InChI is InChI=1S/C15H25N5O4/c1-2-5-12-14(20(22)23)13(18-17-12)15(21)16-6-3-4-7-19-8-10-24-11-9-19/h2-11H2,1H3,(H,16,21)(H,17,18). The quantitative estimate of drug-likeness (QED) is 0.396. The molecule has 134 valence electrons. The summed E-state index contributed by atoms with van der Waals surface area (Å²) in [5.74, 6) is -0.494. The van der Waals surface area contributed by atoms with E-state index in [1.807, 2.05) is 6.92 Å². The molecule has 1 saturated heterocycles. The SMILES string of the molecule is CCCc1[nH]nc(C(=O)NCCCCN2CCOCC2)c1[N+](=O)[O-]. The number of carbonyl (C=O) groups excluding carboxylic acids is 1. The van der Waals surface area contributed by atoms with Crippen molar-refractivity contribution in [1.82, 2.24) is 20.4 Å². The van der Waals surface area contributed by atoms with Gasteiger partial charge in [0.1, 0.15) is 5.69 Å². The second-order valence-electron chi connectivity index (χ2n) is 5.82. The van der Waals surface area contributed by atoms with Crippen LogP contribution < -0.4 is 5.32 Å². The van der Waals surface area contributed by atoms with Gasteiger partial charge >= 0.3 is 5.69 Å². The minimum Gasteiger partial charge on any atom is -0.379 e. The maximum absolute atomic E-state index is 12.1. The third-order valence-electron chi connectivity index (χ3n) is 4.00. The molecule has 0 bridgehead atoms. The lowest BCUT2D eigenvalue weighted by Crippen LogP contribution is -2.37. The Labute approximate surface area is 140 Å². The van der Waals surface area contributed by atoms with E-state index in [0.29, 0.717) is 18.7 Å². The van der Waals surface area contributed by atoms with E-state index >= 15 is 0 Å². The van der Waals surface area contributed by atoms with Crippen LogP contribution in [-0.4, -0.2) is 65.3 Å². The summed E-state index contributed by atoms with van der Waals surface area (Å²) >= 11 is 0. The zero-order chi connectivity index (χ0) is 17.4. The number of hydrogen-bond donors (Lipinski definition) is 2. The van der Waals surface area contributed by atoms with Gasteiger partial charge in [-0.3, -0.25) is 24.9 Å². The van der Waals surface area contributed by atoms with E-state index in [-0.39, 0.29) is 11.4 Å². The molecule has 0 saturated carbocycles. The van der Waals surface area contributed by atoms with Crippen LogP contribution in [0, 0.1) is 10.1 Å². The molecule has 1 aromatic heterocycles. The fraction of sp³-hybridized carbons (Fsp3) is 0.733. The monoisotopic (exact) mass is 339 g/mol. The highest BCUT2D eigenvalue weighted by Crippen LogP contribution is 2.22. The van der Waals surface area contributed by atoms with Gasteiger partial charge in [0.2, 0.25) is 5.69 Å². The van der Waals surface area contributed by atoms with Crippen LogP contribution in [-0.2, 0) is 11.2 Å². The second kappa shape index (κ2) is 9.33. The van der Waals surface area contributed by atoms with E-state index in [1.165, 1.54) is 0 Å². The first kappa shape index (κ1) is 18.3. The number of aromatic nitrogens is 2. The summed E-state index contributed by atoms with van der Waals surface area (Å²) < 4.78 is 5.29. The van der Waals surface area contributed by atoms with E-state index in [4.69, 9.17) is 4.74 Å². The number of morpholine rings is 1. The van der Waals surface area contributed by atoms with E-state index in [9.17, 15) is 14.9 Å². The molecule has 0 unspecified atom stereocenters. The van der Waals surface area contributed by atoms with Crippen molar-refractivity contribution in [2.75, 3.05) is 39.4 Å². The van der Waals surface area contributed by atoms with Gasteiger partial charge in [-0.1, -0.05) is 13.3 Å². The minimum atomic E-state index is -0.540. The fourth-order valence-electron chi connectivity index (χ4n) is 2.72. The van der Waals surface area contributed by atoms with Gasteiger partial charge in [-0.25, -0.2) is 0 Å². The Kier molecular flexibility index (Phi) is 7.13. The molecule has 0 aliphatic carbocycles. The van der Waals surface area contributed by atoms with E-state index in [2.05, 4.69) is 20.4 Å². The van der Waals surface area contributed by atoms with Crippen molar-refractivity contribution >= 4 is 11.6 Å². The lowest BCUT2D eigenvalue weighted by molar-refractivity contribution is -0.385. The summed E-state index contributed by atoms with van der Waals surface area (Å²) in [5, 5.41) is 20.3. The molecule has 0 radical (unpaired) electrons. The summed E-state index contributed by atoms with van der Waals surface area (Å²) in [6.45, 7) is 6.83. The number of unbranched alkanes of at least 4 members (excludes halogenated alkanes) is 1. The van der Waals surface area contributed by atoms with Gasteiger partial charge in [-0.2, -0.15) is 5.10 Å². The summed E-state index contributed by atoms with van der Waals surface area (Å²) in [7, 11) is 0. The molecule has 0 aromatic carbocycles. The van der Waals surface area contributed by atoms with Gasteiger partial charge in [0, 0.05) is 19.6 Å². The highest BCUT2D eigenvalue weighted by Gasteiger charge is 2.28. The number of aryl methyl sites for hydroxylation is 1. The molecule has 1 aliphatic heterocycles. The normalized spacial score (nSPS) is 15.4. The Bertz CT molecular complexity index is 554. The third-order valence-corrected chi connectivity index (χ3v) is 4.00. The lowest BCUT2D eigenvalue weighted by atomic mass is 10.2. The molecule has 9 nitrogen and oxygen atoms in total. The van der Waals surface area contributed by atoms with Crippen LogP contribution in [0.15, 0.2) is 0 Å². The molecule has 24 heavy (non-hydrogen) atoms.